The Kier molecular flexibility index (Phi) is 8.68. The van der Waals surface area contributed by atoms with Crippen LogP contribution in [-0.4, -0.2) is 88.4 Å². The van der Waals surface area contributed by atoms with E-state index in [0.717, 1.165) is 5.56 Å². The number of rotatable bonds is 9. The summed E-state index contributed by atoms with van der Waals surface area (Å²) in [5.41, 5.74) is 2.22. The molecule has 1 heterocycles. The Morgan fingerprint density at radius 3 is 2.39 bits per heavy atom. The summed E-state index contributed by atoms with van der Waals surface area (Å²) in [4.78, 5) is 29.7. The Labute approximate surface area is 195 Å². The van der Waals surface area contributed by atoms with Gasteiger partial charge >= 0.3 is 0 Å². The Morgan fingerprint density at radius 2 is 1.73 bits per heavy atom. The molecule has 0 radical (unpaired) electrons. The molecule has 0 aromatic heterocycles. The summed E-state index contributed by atoms with van der Waals surface area (Å²) in [6.07, 6.45) is -0.297. The van der Waals surface area contributed by atoms with Crippen LogP contribution in [0.1, 0.15) is 26.3 Å². The second kappa shape index (κ2) is 11.7. The molecule has 8 heteroatoms. The summed E-state index contributed by atoms with van der Waals surface area (Å²) >= 11 is 0. The lowest BCUT2D eigenvalue weighted by molar-refractivity contribution is -0.0347. The van der Waals surface area contributed by atoms with Gasteiger partial charge in [0.25, 0.3) is 11.8 Å². The lowest BCUT2D eigenvalue weighted by atomic mass is 10.1. The van der Waals surface area contributed by atoms with Crippen molar-refractivity contribution in [2.75, 3.05) is 60.7 Å². The van der Waals surface area contributed by atoms with Crippen molar-refractivity contribution in [3.63, 3.8) is 0 Å². The van der Waals surface area contributed by atoms with Crippen LogP contribution < -0.4 is 9.47 Å². The first-order chi connectivity index (χ1) is 16.0. The number of benzene rings is 2. The second-order valence-electron chi connectivity index (χ2n) is 7.92. The predicted octanol–water partition coefficient (Wildman–Crippen LogP) is 2.64. The fraction of sp³-hybridized carbons (Fsp3) is 0.440. The van der Waals surface area contributed by atoms with Crippen LogP contribution in [0.3, 0.4) is 0 Å². The number of ether oxygens (including phenoxy) is 4. The van der Waals surface area contributed by atoms with Crippen molar-refractivity contribution >= 4 is 11.8 Å². The van der Waals surface area contributed by atoms with Crippen molar-refractivity contribution in [2.24, 2.45) is 0 Å². The molecule has 1 aliphatic heterocycles. The fourth-order valence-electron chi connectivity index (χ4n) is 3.77. The Hall–Kier alpha value is -3.10. The van der Waals surface area contributed by atoms with E-state index in [2.05, 4.69) is 0 Å². The normalized spacial score (nSPS) is 15.8. The molecule has 0 bridgehead atoms. The van der Waals surface area contributed by atoms with Gasteiger partial charge in [0.2, 0.25) is 0 Å². The van der Waals surface area contributed by atoms with Gasteiger partial charge in [-0.05, 0) is 37.3 Å². The molecule has 2 aromatic carbocycles. The van der Waals surface area contributed by atoms with Gasteiger partial charge < -0.3 is 28.7 Å². The van der Waals surface area contributed by atoms with Crippen molar-refractivity contribution in [1.82, 2.24) is 9.80 Å². The van der Waals surface area contributed by atoms with Gasteiger partial charge in [0.1, 0.15) is 0 Å². The number of carbonyl (C=O) groups is 2. The average molecular weight is 457 g/mol. The highest BCUT2D eigenvalue weighted by molar-refractivity contribution is 5.95. The molecule has 0 spiro atoms. The number of amides is 2. The summed E-state index contributed by atoms with van der Waals surface area (Å²) in [5, 5.41) is 0. The molecule has 3 rings (SSSR count). The van der Waals surface area contributed by atoms with Crippen LogP contribution in [-0.2, 0) is 9.47 Å². The lowest BCUT2D eigenvalue weighted by Crippen LogP contribution is -2.51. The van der Waals surface area contributed by atoms with Crippen LogP contribution in [0.15, 0.2) is 42.5 Å². The van der Waals surface area contributed by atoms with Crippen LogP contribution in [0, 0.1) is 6.92 Å². The highest BCUT2D eigenvalue weighted by Gasteiger charge is 2.28. The molecule has 2 aromatic rings. The van der Waals surface area contributed by atoms with E-state index in [9.17, 15) is 9.59 Å². The number of nitrogens with zero attached hydrogens (tertiary/aromatic N) is 2. The molecule has 33 heavy (non-hydrogen) atoms. The molecule has 1 atom stereocenters. The maximum absolute atomic E-state index is 13.1. The van der Waals surface area contributed by atoms with Gasteiger partial charge in [-0.1, -0.05) is 17.7 Å². The third-order valence-electron chi connectivity index (χ3n) is 5.63. The maximum Gasteiger partial charge on any atom is 0.254 e. The van der Waals surface area contributed by atoms with E-state index in [0.29, 0.717) is 62.0 Å². The van der Waals surface area contributed by atoms with E-state index in [-0.39, 0.29) is 17.9 Å². The van der Waals surface area contributed by atoms with Gasteiger partial charge in [0, 0.05) is 44.4 Å². The number of hydrogen-bond donors (Lipinski definition) is 0. The zero-order valence-electron chi connectivity index (χ0n) is 19.7. The predicted molar refractivity (Wildman–Crippen MR) is 124 cm³/mol. The van der Waals surface area contributed by atoms with Crippen LogP contribution in [0.2, 0.25) is 0 Å². The average Bonchev–Trinajstić information content (AvgIpc) is 2.85. The number of methoxy groups -OCH3 is 3. The molecule has 0 saturated carbocycles. The van der Waals surface area contributed by atoms with E-state index in [1.165, 1.54) is 7.11 Å². The molecule has 8 nitrogen and oxygen atoms in total. The molecular formula is C25H32N2O6. The van der Waals surface area contributed by atoms with E-state index in [1.807, 2.05) is 31.2 Å². The second-order valence-corrected chi connectivity index (χ2v) is 7.92. The monoisotopic (exact) mass is 456 g/mol. The molecule has 1 fully saturated rings. The molecule has 1 aliphatic rings. The summed E-state index contributed by atoms with van der Waals surface area (Å²) in [6.45, 7) is 4.47. The summed E-state index contributed by atoms with van der Waals surface area (Å²) < 4.78 is 21.7. The van der Waals surface area contributed by atoms with Crippen molar-refractivity contribution in [3.8, 4) is 11.5 Å². The van der Waals surface area contributed by atoms with E-state index < -0.39 is 0 Å². The first kappa shape index (κ1) is 24.5. The number of morpholine rings is 1. The lowest BCUT2D eigenvalue weighted by Gasteiger charge is -2.36. The molecule has 0 aliphatic carbocycles. The zero-order valence-corrected chi connectivity index (χ0v) is 19.7. The van der Waals surface area contributed by atoms with Gasteiger partial charge in [0.05, 0.1) is 33.5 Å². The topological polar surface area (TPSA) is 77.5 Å². The van der Waals surface area contributed by atoms with Gasteiger partial charge in [-0.15, -0.1) is 0 Å². The first-order valence-corrected chi connectivity index (χ1v) is 10.9. The number of hydrogen-bond acceptors (Lipinski definition) is 6. The van der Waals surface area contributed by atoms with Crippen LogP contribution in [0.4, 0.5) is 0 Å². The Bertz CT molecular complexity index is 946. The van der Waals surface area contributed by atoms with Crippen molar-refractivity contribution in [3.05, 3.63) is 59.2 Å². The smallest absolute Gasteiger partial charge is 0.254 e. The van der Waals surface area contributed by atoms with Gasteiger partial charge in [0.15, 0.2) is 11.5 Å². The zero-order chi connectivity index (χ0) is 23.8. The van der Waals surface area contributed by atoms with Crippen molar-refractivity contribution in [2.45, 2.75) is 13.0 Å². The molecule has 1 unspecified atom stereocenters. The van der Waals surface area contributed by atoms with Crippen LogP contribution in [0.5, 0.6) is 11.5 Å². The molecule has 1 saturated heterocycles. The molecule has 2 amide bonds. The Morgan fingerprint density at radius 1 is 1.03 bits per heavy atom. The third kappa shape index (κ3) is 6.24. The summed E-state index contributed by atoms with van der Waals surface area (Å²) in [5.74, 6) is 0.872. The van der Waals surface area contributed by atoms with Crippen LogP contribution >= 0.6 is 0 Å². The third-order valence-corrected chi connectivity index (χ3v) is 5.63. The standard InChI is InChI=1S/C25H32N2O6/c1-18-5-7-19(8-6-18)24(28)26(11-13-30-2)16-21-17-27(12-14-33-21)25(29)20-9-10-22(31-3)23(15-20)32-4/h5-10,15,21H,11-14,16-17H2,1-4H3. The molecule has 0 N–H and O–H groups in total. The molecule has 178 valence electrons. The van der Waals surface area contributed by atoms with Crippen LogP contribution in [0.25, 0.3) is 0 Å². The van der Waals surface area contributed by atoms with E-state index >= 15 is 0 Å². The number of aryl methyl sites for hydroxylation is 1. The van der Waals surface area contributed by atoms with Gasteiger partial charge in [-0.25, -0.2) is 0 Å². The van der Waals surface area contributed by atoms with Crippen molar-refractivity contribution < 1.29 is 28.5 Å². The highest BCUT2D eigenvalue weighted by Crippen LogP contribution is 2.28. The largest absolute Gasteiger partial charge is 0.493 e. The minimum atomic E-state index is -0.297. The SMILES string of the molecule is COCCN(CC1CN(C(=O)c2ccc(OC)c(OC)c2)CCO1)C(=O)c1ccc(C)cc1. The fourth-order valence-corrected chi connectivity index (χ4v) is 3.77. The van der Waals surface area contributed by atoms with Gasteiger partial charge in [-0.3, -0.25) is 9.59 Å². The summed E-state index contributed by atoms with van der Waals surface area (Å²) in [6, 6.07) is 12.6. The summed E-state index contributed by atoms with van der Waals surface area (Å²) in [7, 11) is 4.70. The minimum Gasteiger partial charge on any atom is -0.493 e. The molecular weight excluding hydrogens is 424 g/mol. The quantitative estimate of drug-likeness (QED) is 0.577. The Balaban J connectivity index is 1.70. The van der Waals surface area contributed by atoms with Crippen molar-refractivity contribution in [1.29, 1.82) is 0 Å². The van der Waals surface area contributed by atoms with Gasteiger partial charge in [-0.2, -0.15) is 0 Å². The maximum atomic E-state index is 13.1. The first-order valence-electron chi connectivity index (χ1n) is 10.9. The minimum absolute atomic E-state index is 0.0843. The number of carbonyl (C=O) groups excluding carboxylic acids is 2. The highest BCUT2D eigenvalue weighted by atomic mass is 16.5. The van der Waals surface area contributed by atoms with E-state index in [4.69, 9.17) is 18.9 Å². The van der Waals surface area contributed by atoms with E-state index in [1.54, 1.807) is 42.2 Å².